The maximum absolute atomic E-state index is 6.05. The molecule has 1 fully saturated rings. The number of nitrogens with zero attached hydrogens (tertiary/aromatic N) is 3. The number of nitrogens with two attached hydrogens (primary N) is 1. The maximum Gasteiger partial charge on any atom is 0.211 e. The Hall–Kier alpha value is -1.64. The molecule has 2 aromatic carbocycles. The highest BCUT2D eigenvalue weighted by molar-refractivity contribution is 9.10. The summed E-state index contributed by atoms with van der Waals surface area (Å²) in [5.41, 5.74) is 14.5. The molecule has 2 aromatic rings. The van der Waals surface area contributed by atoms with Gasteiger partial charge < -0.3 is 4.90 Å². The molecule has 8 heteroatoms. The zero-order valence-electron chi connectivity index (χ0n) is 16.9. The number of aliphatic imine (C=N–C) groups is 1. The van der Waals surface area contributed by atoms with Gasteiger partial charge in [-0.3, -0.25) is 16.1 Å². The Morgan fingerprint density at radius 3 is 2.53 bits per heavy atom. The highest BCUT2D eigenvalue weighted by Gasteiger charge is 2.28. The lowest BCUT2D eigenvalue weighted by molar-refractivity contribution is 0.128. The molecule has 1 unspecified atom stereocenters. The molecule has 4 N–H and O–H groups in total. The molecule has 0 aromatic heterocycles. The average Bonchev–Trinajstić information content (AvgIpc) is 3.20. The Kier molecular flexibility index (Phi) is 7.28. The summed E-state index contributed by atoms with van der Waals surface area (Å²) < 4.78 is 1.17. The topological polar surface area (TPSA) is 68.9 Å². The van der Waals surface area contributed by atoms with Crippen molar-refractivity contribution in [1.29, 1.82) is 0 Å². The molecule has 0 bridgehead atoms. The third-order valence-corrected chi connectivity index (χ3v) is 6.83. The van der Waals surface area contributed by atoms with Crippen molar-refractivity contribution in [3.8, 4) is 0 Å². The number of likely N-dealkylation sites (tertiary alicyclic amines) is 1. The first-order valence-corrected chi connectivity index (χ1v) is 11.6. The molecule has 0 radical (unpaired) electrons. The fraction of sp³-hybridized carbons (Fsp3) is 0.409. The van der Waals surface area contributed by atoms with Crippen LogP contribution in [-0.4, -0.2) is 47.7 Å². The summed E-state index contributed by atoms with van der Waals surface area (Å²) in [6.45, 7) is 3.89. The molecular formula is C22H28BrClN6. The second-order valence-corrected chi connectivity index (χ2v) is 9.11. The molecule has 0 spiro atoms. The Morgan fingerprint density at radius 2 is 1.87 bits per heavy atom. The molecule has 0 amide bonds. The van der Waals surface area contributed by atoms with Crippen LogP contribution in [0.4, 0.5) is 0 Å². The molecule has 1 atom stereocenters. The fourth-order valence-corrected chi connectivity index (χ4v) is 4.63. The SMILES string of the molecule is NC1N=C(N2CCC(N(CCc3ccc(Cl)cc3)Cc3ccccc3Br)CC2)NN1. The molecule has 2 aliphatic rings. The lowest BCUT2D eigenvalue weighted by atomic mass is 10.0. The van der Waals surface area contributed by atoms with E-state index in [0.717, 1.165) is 56.4 Å². The number of halogens is 2. The van der Waals surface area contributed by atoms with Gasteiger partial charge in [0.15, 0.2) is 6.29 Å². The van der Waals surface area contributed by atoms with E-state index in [-0.39, 0.29) is 6.29 Å². The largest absolute Gasteiger partial charge is 0.342 e. The highest BCUT2D eigenvalue weighted by atomic mass is 79.9. The van der Waals surface area contributed by atoms with E-state index in [1.165, 1.54) is 15.6 Å². The molecule has 6 nitrogen and oxygen atoms in total. The van der Waals surface area contributed by atoms with Gasteiger partial charge in [-0.15, -0.1) is 0 Å². The van der Waals surface area contributed by atoms with Crippen LogP contribution < -0.4 is 16.6 Å². The average molecular weight is 492 g/mol. The molecule has 0 saturated carbocycles. The van der Waals surface area contributed by atoms with Crippen molar-refractivity contribution in [2.75, 3.05) is 19.6 Å². The summed E-state index contributed by atoms with van der Waals surface area (Å²) in [7, 11) is 0. The molecule has 1 saturated heterocycles. The Labute approximate surface area is 191 Å². The number of piperidine rings is 1. The van der Waals surface area contributed by atoms with Crippen LogP contribution in [0.3, 0.4) is 0 Å². The van der Waals surface area contributed by atoms with Gasteiger partial charge in [-0.2, -0.15) is 5.43 Å². The van der Waals surface area contributed by atoms with Gasteiger partial charge in [0.1, 0.15) is 0 Å². The van der Waals surface area contributed by atoms with Gasteiger partial charge in [-0.05, 0) is 48.6 Å². The van der Waals surface area contributed by atoms with E-state index >= 15 is 0 Å². The summed E-state index contributed by atoms with van der Waals surface area (Å²) in [5.74, 6) is 0.861. The fourth-order valence-electron chi connectivity index (χ4n) is 4.10. The quantitative estimate of drug-likeness (QED) is 0.578. The summed E-state index contributed by atoms with van der Waals surface area (Å²) in [5, 5.41) is 0.786. The minimum absolute atomic E-state index is 0.357. The van der Waals surface area contributed by atoms with Crippen LogP contribution in [0, 0.1) is 0 Å². The number of hydrazine groups is 1. The number of hydrogen-bond acceptors (Lipinski definition) is 6. The lowest BCUT2D eigenvalue weighted by Crippen LogP contribution is -2.51. The van der Waals surface area contributed by atoms with E-state index in [0.29, 0.717) is 6.04 Å². The van der Waals surface area contributed by atoms with Crippen LogP contribution in [0.25, 0.3) is 0 Å². The Balaban J connectivity index is 1.42. The van der Waals surface area contributed by atoms with Gasteiger partial charge in [-0.1, -0.05) is 57.9 Å². The third kappa shape index (κ3) is 5.53. The van der Waals surface area contributed by atoms with Crippen molar-refractivity contribution in [2.24, 2.45) is 10.7 Å². The molecule has 2 heterocycles. The summed E-state index contributed by atoms with van der Waals surface area (Å²) in [6, 6.07) is 17.2. The van der Waals surface area contributed by atoms with E-state index in [9.17, 15) is 0 Å². The first-order chi connectivity index (χ1) is 14.6. The first-order valence-electron chi connectivity index (χ1n) is 10.4. The van der Waals surface area contributed by atoms with Crippen molar-refractivity contribution >= 4 is 33.5 Å². The van der Waals surface area contributed by atoms with Crippen LogP contribution >= 0.6 is 27.5 Å². The standard InChI is InChI=1S/C22H28BrClN6/c23-20-4-2-1-3-17(20)15-30(12-9-16-5-7-18(24)8-6-16)19-10-13-29(14-11-19)22-26-21(25)27-28-22/h1-8,19,21,27H,9-15,25H2,(H,26,28). The minimum atomic E-state index is -0.357. The van der Waals surface area contributed by atoms with Crippen LogP contribution in [0.15, 0.2) is 58.0 Å². The summed E-state index contributed by atoms with van der Waals surface area (Å²) in [6.07, 6.45) is 2.85. The second-order valence-electron chi connectivity index (χ2n) is 7.82. The van der Waals surface area contributed by atoms with E-state index in [1.54, 1.807) is 0 Å². The molecule has 160 valence electrons. The smallest absolute Gasteiger partial charge is 0.211 e. The summed E-state index contributed by atoms with van der Waals surface area (Å²) >= 11 is 9.77. The maximum atomic E-state index is 6.05. The number of guanidine groups is 1. The minimum Gasteiger partial charge on any atom is -0.342 e. The molecule has 0 aliphatic carbocycles. The zero-order valence-corrected chi connectivity index (χ0v) is 19.2. The number of rotatable bonds is 6. The lowest BCUT2D eigenvalue weighted by Gasteiger charge is -2.39. The van der Waals surface area contributed by atoms with Crippen molar-refractivity contribution in [3.05, 3.63) is 69.2 Å². The second kappa shape index (κ2) is 10.1. The normalized spacial score (nSPS) is 19.8. The van der Waals surface area contributed by atoms with Gasteiger partial charge in [-0.25, -0.2) is 4.99 Å². The number of benzene rings is 2. The number of hydrogen-bond donors (Lipinski definition) is 3. The number of nitrogens with one attached hydrogen (secondary N) is 2. The van der Waals surface area contributed by atoms with Crippen molar-refractivity contribution < 1.29 is 0 Å². The molecule has 30 heavy (non-hydrogen) atoms. The molecule has 2 aliphatic heterocycles. The van der Waals surface area contributed by atoms with E-state index in [1.807, 2.05) is 12.1 Å². The van der Waals surface area contributed by atoms with Crippen molar-refractivity contribution in [2.45, 2.75) is 38.1 Å². The highest BCUT2D eigenvalue weighted by Crippen LogP contribution is 2.24. The molecular weight excluding hydrogens is 464 g/mol. The molecule has 4 rings (SSSR count). The van der Waals surface area contributed by atoms with Gasteiger partial charge >= 0.3 is 0 Å². The van der Waals surface area contributed by atoms with Gasteiger partial charge in [0.2, 0.25) is 5.96 Å². The van der Waals surface area contributed by atoms with Crippen molar-refractivity contribution in [3.63, 3.8) is 0 Å². The zero-order chi connectivity index (χ0) is 20.9. The predicted octanol–water partition coefficient (Wildman–Crippen LogP) is 3.32. The van der Waals surface area contributed by atoms with Crippen LogP contribution in [0.5, 0.6) is 0 Å². The van der Waals surface area contributed by atoms with Gasteiger partial charge in [0.05, 0.1) is 0 Å². The van der Waals surface area contributed by atoms with Crippen LogP contribution in [-0.2, 0) is 13.0 Å². The van der Waals surface area contributed by atoms with Crippen LogP contribution in [0.1, 0.15) is 24.0 Å². The van der Waals surface area contributed by atoms with Crippen LogP contribution in [0.2, 0.25) is 5.02 Å². The van der Waals surface area contributed by atoms with E-state index < -0.39 is 0 Å². The summed E-state index contributed by atoms with van der Waals surface area (Å²) in [4.78, 5) is 9.32. The van der Waals surface area contributed by atoms with Gasteiger partial charge in [0, 0.05) is 41.7 Å². The predicted molar refractivity (Wildman–Crippen MR) is 126 cm³/mol. The Morgan fingerprint density at radius 1 is 1.13 bits per heavy atom. The van der Waals surface area contributed by atoms with E-state index in [2.05, 4.69) is 78.0 Å². The van der Waals surface area contributed by atoms with Crippen molar-refractivity contribution in [1.82, 2.24) is 20.7 Å². The monoisotopic (exact) mass is 490 g/mol. The Bertz CT molecular complexity index is 866. The van der Waals surface area contributed by atoms with E-state index in [4.69, 9.17) is 17.3 Å². The first kappa shape index (κ1) is 21.6. The third-order valence-electron chi connectivity index (χ3n) is 5.81. The van der Waals surface area contributed by atoms with Gasteiger partial charge in [0.25, 0.3) is 0 Å².